The SMILES string of the molecule is CC1CC[C@H]2[C@@H]3CC(F)C4=C(F)C(OC(=O)CCO)C=C[C@]4(C)[C@]3(F)C(OC(=O)CCO)C[C@]12C. The summed E-state index contributed by atoms with van der Waals surface area (Å²) >= 11 is 0. The summed E-state index contributed by atoms with van der Waals surface area (Å²) in [5, 5.41) is 18.1. The van der Waals surface area contributed by atoms with Crippen LogP contribution in [0.1, 0.15) is 59.3 Å². The predicted octanol–water partition coefficient (Wildman–Crippen LogP) is 3.90. The summed E-state index contributed by atoms with van der Waals surface area (Å²) in [5.41, 5.74) is -4.85. The Bertz CT molecular complexity index is 936. The van der Waals surface area contributed by atoms with Crippen molar-refractivity contribution in [2.24, 2.45) is 28.6 Å². The van der Waals surface area contributed by atoms with Crippen LogP contribution in [-0.2, 0) is 19.1 Å². The average molecular weight is 501 g/mol. The topological polar surface area (TPSA) is 93.1 Å². The molecule has 0 aliphatic heterocycles. The molecule has 0 spiro atoms. The molecular formula is C26H35F3O6. The molecule has 196 valence electrons. The zero-order valence-electron chi connectivity index (χ0n) is 20.4. The van der Waals surface area contributed by atoms with Gasteiger partial charge in [0, 0.05) is 11.5 Å². The Morgan fingerprint density at radius 2 is 1.71 bits per heavy atom. The number of carbonyl (C=O) groups is 2. The first kappa shape index (κ1) is 26.2. The molecule has 0 aromatic rings. The summed E-state index contributed by atoms with van der Waals surface area (Å²) < 4.78 is 59.8. The normalized spacial score (nSPS) is 44.3. The van der Waals surface area contributed by atoms with E-state index in [1.54, 1.807) is 0 Å². The molecule has 0 saturated heterocycles. The second-order valence-corrected chi connectivity index (χ2v) is 11.0. The van der Waals surface area contributed by atoms with E-state index in [9.17, 15) is 14.7 Å². The van der Waals surface area contributed by atoms with Gasteiger partial charge in [0.15, 0.2) is 11.8 Å². The highest BCUT2D eigenvalue weighted by atomic mass is 19.2. The van der Waals surface area contributed by atoms with Crippen molar-refractivity contribution >= 4 is 11.9 Å². The minimum absolute atomic E-state index is 0.163. The lowest BCUT2D eigenvalue weighted by Crippen LogP contribution is -2.69. The van der Waals surface area contributed by atoms with Gasteiger partial charge in [0.25, 0.3) is 0 Å². The van der Waals surface area contributed by atoms with E-state index in [2.05, 4.69) is 6.92 Å². The zero-order chi connectivity index (χ0) is 25.8. The molecule has 0 bridgehead atoms. The molecule has 0 amide bonds. The van der Waals surface area contributed by atoms with E-state index in [1.165, 1.54) is 19.1 Å². The number of fused-ring (bicyclic) bond motifs is 5. The maximum atomic E-state index is 17.7. The van der Waals surface area contributed by atoms with Gasteiger partial charge >= 0.3 is 11.9 Å². The van der Waals surface area contributed by atoms with Crippen LogP contribution in [0.15, 0.2) is 23.6 Å². The first-order chi connectivity index (χ1) is 16.4. The molecular weight excluding hydrogens is 465 g/mol. The number of rotatable bonds is 6. The summed E-state index contributed by atoms with van der Waals surface area (Å²) in [6, 6.07) is 0. The molecule has 0 aromatic carbocycles. The molecule has 9 heteroatoms. The molecule has 0 heterocycles. The van der Waals surface area contributed by atoms with E-state index < -0.39 is 71.9 Å². The van der Waals surface area contributed by atoms with Gasteiger partial charge < -0.3 is 19.7 Å². The fourth-order valence-corrected chi connectivity index (χ4v) is 7.43. The van der Waals surface area contributed by atoms with Crippen LogP contribution in [0.25, 0.3) is 0 Å². The van der Waals surface area contributed by atoms with Gasteiger partial charge in [-0.1, -0.05) is 19.9 Å². The van der Waals surface area contributed by atoms with Crippen LogP contribution in [0.2, 0.25) is 0 Å². The van der Waals surface area contributed by atoms with Gasteiger partial charge in [-0.05, 0) is 55.9 Å². The standard InChI is InChI=1S/C26H35F3O6/c1-14-4-5-15-16-12-17(27)22-23(28)18(34-20(32)7-10-30)6-9-25(22,3)26(16,29)19(13-24(14,15)2)35-21(33)8-11-31/h6,9,14-19,30-31H,4-5,7-8,10-13H2,1-3H3/t14?,15-,16-,17?,18?,19?,24+,25-,26+/m0/s1. The highest BCUT2D eigenvalue weighted by Crippen LogP contribution is 2.70. The monoisotopic (exact) mass is 500 g/mol. The molecule has 0 radical (unpaired) electrons. The number of hydrogen-bond acceptors (Lipinski definition) is 6. The van der Waals surface area contributed by atoms with Crippen molar-refractivity contribution in [1.29, 1.82) is 0 Å². The number of esters is 2. The Balaban J connectivity index is 1.79. The van der Waals surface area contributed by atoms with Crippen molar-refractivity contribution in [2.45, 2.75) is 83.3 Å². The van der Waals surface area contributed by atoms with E-state index in [0.717, 1.165) is 6.42 Å². The summed E-state index contributed by atoms with van der Waals surface area (Å²) in [6.45, 7) is 4.61. The quantitative estimate of drug-likeness (QED) is 0.425. The van der Waals surface area contributed by atoms with Crippen molar-refractivity contribution in [1.82, 2.24) is 0 Å². The highest BCUT2D eigenvalue weighted by molar-refractivity contribution is 5.70. The molecule has 35 heavy (non-hydrogen) atoms. The van der Waals surface area contributed by atoms with E-state index >= 15 is 13.2 Å². The number of allylic oxidation sites excluding steroid dienone is 2. The lowest BCUT2D eigenvalue weighted by molar-refractivity contribution is -0.219. The Labute approximate surface area is 203 Å². The second kappa shape index (κ2) is 9.21. The minimum atomic E-state index is -2.29. The van der Waals surface area contributed by atoms with Gasteiger partial charge in [-0.2, -0.15) is 0 Å². The molecule has 9 atom stereocenters. The molecule has 3 saturated carbocycles. The number of hydrogen-bond donors (Lipinski definition) is 2. The lowest BCUT2D eigenvalue weighted by atomic mass is 9.45. The third-order valence-corrected chi connectivity index (χ3v) is 9.41. The minimum Gasteiger partial charge on any atom is -0.459 e. The molecule has 0 aromatic heterocycles. The van der Waals surface area contributed by atoms with Crippen LogP contribution in [0, 0.1) is 28.6 Å². The summed E-state index contributed by atoms with van der Waals surface area (Å²) in [5.74, 6) is -3.43. The number of aliphatic hydroxyl groups excluding tert-OH is 2. The van der Waals surface area contributed by atoms with Crippen LogP contribution in [0.3, 0.4) is 0 Å². The molecule has 6 nitrogen and oxygen atoms in total. The second-order valence-electron chi connectivity index (χ2n) is 11.0. The molecule has 4 aliphatic carbocycles. The maximum absolute atomic E-state index is 17.7. The molecule has 4 rings (SSSR count). The fourth-order valence-electron chi connectivity index (χ4n) is 7.43. The van der Waals surface area contributed by atoms with Crippen LogP contribution in [0.4, 0.5) is 13.2 Å². The van der Waals surface area contributed by atoms with Gasteiger partial charge in [0.05, 0.1) is 31.5 Å². The first-order valence-corrected chi connectivity index (χ1v) is 12.5. The Hall–Kier alpha value is -1.87. The number of ether oxygens (including phenoxy) is 2. The van der Waals surface area contributed by atoms with Gasteiger partial charge in [0.2, 0.25) is 0 Å². The third-order valence-electron chi connectivity index (χ3n) is 9.41. The van der Waals surface area contributed by atoms with E-state index in [1.807, 2.05) is 6.92 Å². The number of halogens is 3. The van der Waals surface area contributed by atoms with Crippen molar-refractivity contribution in [3.05, 3.63) is 23.6 Å². The molecule has 4 aliphatic rings. The summed E-state index contributed by atoms with van der Waals surface area (Å²) in [7, 11) is 0. The van der Waals surface area contributed by atoms with Crippen LogP contribution < -0.4 is 0 Å². The number of alkyl halides is 2. The largest absolute Gasteiger partial charge is 0.459 e. The summed E-state index contributed by atoms with van der Waals surface area (Å²) in [6.07, 6.45) is -1.14. The van der Waals surface area contributed by atoms with Gasteiger partial charge in [-0.25, -0.2) is 13.2 Å². The Kier molecular flexibility index (Phi) is 6.90. The smallest absolute Gasteiger partial charge is 0.309 e. The number of carbonyl (C=O) groups excluding carboxylic acids is 2. The van der Waals surface area contributed by atoms with Gasteiger partial charge in [-0.3, -0.25) is 9.59 Å². The maximum Gasteiger partial charge on any atom is 0.309 e. The zero-order valence-corrected chi connectivity index (χ0v) is 20.4. The lowest BCUT2D eigenvalue weighted by Gasteiger charge is -2.63. The van der Waals surface area contributed by atoms with Crippen molar-refractivity contribution < 1.29 is 42.4 Å². The van der Waals surface area contributed by atoms with Crippen LogP contribution in [0.5, 0.6) is 0 Å². The third kappa shape index (κ3) is 3.84. The average Bonchev–Trinajstić information content (AvgIpc) is 3.07. The Morgan fingerprint density at radius 3 is 2.34 bits per heavy atom. The van der Waals surface area contributed by atoms with E-state index in [0.29, 0.717) is 6.42 Å². The van der Waals surface area contributed by atoms with Crippen molar-refractivity contribution in [3.8, 4) is 0 Å². The van der Waals surface area contributed by atoms with Gasteiger partial charge in [-0.15, -0.1) is 0 Å². The van der Waals surface area contributed by atoms with E-state index in [4.69, 9.17) is 14.6 Å². The first-order valence-electron chi connectivity index (χ1n) is 12.5. The van der Waals surface area contributed by atoms with Crippen molar-refractivity contribution in [3.63, 3.8) is 0 Å². The number of aliphatic hydroxyl groups is 2. The van der Waals surface area contributed by atoms with Crippen LogP contribution in [-0.4, -0.2) is 59.4 Å². The van der Waals surface area contributed by atoms with E-state index in [-0.39, 0.29) is 42.9 Å². The molecule has 2 N–H and O–H groups in total. The van der Waals surface area contributed by atoms with Gasteiger partial charge in [0.1, 0.15) is 18.1 Å². The Morgan fingerprint density at radius 1 is 1.09 bits per heavy atom. The predicted molar refractivity (Wildman–Crippen MR) is 120 cm³/mol. The van der Waals surface area contributed by atoms with Crippen molar-refractivity contribution in [2.75, 3.05) is 13.2 Å². The molecule has 4 unspecified atom stereocenters. The fraction of sp³-hybridized carbons (Fsp3) is 0.769. The van der Waals surface area contributed by atoms with Crippen LogP contribution >= 0.6 is 0 Å². The molecule has 3 fully saturated rings. The summed E-state index contributed by atoms with van der Waals surface area (Å²) in [4.78, 5) is 24.3. The highest BCUT2D eigenvalue weighted by Gasteiger charge is 2.73.